The highest BCUT2D eigenvalue weighted by molar-refractivity contribution is 7.16. The van der Waals surface area contributed by atoms with E-state index in [0.29, 0.717) is 0 Å². The first-order chi connectivity index (χ1) is 10.3. The molecule has 21 heavy (non-hydrogen) atoms. The van der Waals surface area contributed by atoms with Gasteiger partial charge < -0.3 is 9.88 Å². The lowest BCUT2D eigenvalue weighted by atomic mass is 10.2. The fraction of sp³-hybridized carbons (Fsp3) is 0.235. The lowest BCUT2D eigenvalue weighted by Crippen LogP contribution is -2.23. The SMILES string of the molecule is CCCCNC(=O)c1ccc(-n2ccc3ccccc32)s1. The average Bonchev–Trinajstić information content (AvgIpc) is 3.13. The summed E-state index contributed by atoms with van der Waals surface area (Å²) in [7, 11) is 0. The molecule has 3 nitrogen and oxygen atoms in total. The van der Waals surface area contributed by atoms with Crippen LogP contribution in [-0.2, 0) is 0 Å². The molecule has 0 saturated heterocycles. The van der Waals surface area contributed by atoms with Gasteiger partial charge in [0.1, 0.15) is 5.00 Å². The van der Waals surface area contributed by atoms with Gasteiger partial charge in [0.25, 0.3) is 5.91 Å². The van der Waals surface area contributed by atoms with Crippen LogP contribution in [0, 0.1) is 0 Å². The van der Waals surface area contributed by atoms with E-state index >= 15 is 0 Å². The van der Waals surface area contributed by atoms with Crippen molar-refractivity contribution in [3.63, 3.8) is 0 Å². The molecule has 3 aromatic rings. The third kappa shape index (κ3) is 2.85. The van der Waals surface area contributed by atoms with Gasteiger partial charge in [-0.2, -0.15) is 0 Å². The highest BCUT2D eigenvalue weighted by Crippen LogP contribution is 2.26. The predicted octanol–water partition coefficient (Wildman–Crippen LogP) is 4.22. The number of amides is 1. The van der Waals surface area contributed by atoms with Gasteiger partial charge in [-0.15, -0.1) is 11.3 Å². The molecule has 3 rings (SSSR count). The zero-order valence-electron chi connectivity index (χ0n) is 12.0. The lowest BCUT2D eigenvalue weighted by molar-refractivity contribution is 0.0957. The third-order valence-electron chi connectivity index (χ3n) is 3.47. The van der Waals surface area contributed by atoms with E-state index in [2.05, 4.69) is 41.2 Å². The van der Waals surface area contributed by atoms with Crippen molar-refractivity contribution in [2.75, 3.05) is 6.54 Å². The van der Waals surface area contributed by atoms with Crippen LogP contribution in [0.15, 0.2) is 48.7 Å². The number of para-hydroxylation sites is 1. The number of nitrogens with one attached hydrogen (secondary N) is 1. The highest BCUT2D eigenvalue weighted by Gasteiger charge is 2.10. The van der Waals surface area contributed by atoms with E-state index in [-0.39, 0.29) is 5.91 Å². The molecule has 0 saturated carbocycles. The Hall–Kier alpha value is -2.07. The summed E-state index contributed by atoms with van der Waals surface area (Å²) in [6.45, 7) is 2.86. The number of thiophene rings is 1. The van der Waals surface area contributed by atoms with Gasteiger partial charge in [-0.1, -0.05) is 31.5 Å². The second-order valence-electron chi connectivity index (χ2n) is 4.99. The molecule has 0 aliphatic heterocycles. The maximum absolute atomic E-state index is 12.1. The summed E-state index contributed by atoms with van der Waals surface area (Å²) in [6.07, 6.45) is 4.16. The lowest BCUT2D eigenvalue weighted by Gasteiger charge is -2.02. The summed E-state index contributed by atoms with van der Waals surface area (Å²) in [6, 6.07) is 14.3. The summed E-state index contributed by atoms with van der Waals surface area (Å²) in [4.78, 5) is 12.8. The molecule has 108 valence electrons. The topological polar surface area (TPSA) is 34.0 Å². The van der Waals surface area contributed by atoms with Crippen molar-refractivity contribution in [3.05, 3.63) is 53.5 Å². The van der Waals surface area contributed by atoms with Gasteiger partial charge >= 0.3 is 0 Å². The molecule has 0 aliphatic rings. The summed E-state index contributed by atoms with van der Waals surface area (Å²) in [5, 5.41) is 5.23. The van der Waals surface area contributed by atoms with E-state index in [0.717, 1.165) is 34.8 Å². The number of carbonyl (C=O) groups excluding carboxylic acids is 1. The molecular weight excluding hydrogens is 280 g/mol. The molecule has 0 atom stereocenters. The van der Waals surface area contributed by atoms with E-state index < -0.39 is 0 Å². The summed E-state index contributed by atoms with van der Waals surface area (Å²) < 4.78 is 2.13. The first kappa shape index (κ1) is 13.9. The maximum Gasteiger partial charge on any atom is 0.261 e. The van der Waals surface area contributed by atoms with Crippen molar-refractivity contribution in [1.82, 2.24) is 9.88 Å². The van der Waals surface area contributed by atoms with E-state index in [1.54, 1.807) is 0 Å². The largest absolute Gasteiger partial charge is 0.351 e. The van der Waals surface area contributed by atoms with Crippen LogP contribution < -0.4 is 5.32 Å². The molecule has 0 bridgehead atoms. The summed E-state index contributed by atoms with van der Waals surface area (Å²) in [5.41, 5.74) is 1.16. The van der Waals surface area contributed by atoms with Gasteiger partial charge in [0.2, 0.25) is 0 Å². The van der Waals surface area contributed by atoms with E-state index in [4.69, 9.17) is 0 Å². The number of carbonyl (C=O) groups is 1. The minimum Gasteiger partial charge on any atom is -0.351 e. The van der Waals surface area contributed by atoms with Gasteiger partial charge in [0.15, 0.2) is 0 Å². The summed E-state index contributed by atoms with van der Waals surface area (Å²) in [5.74, 6) is 0.0242. The number of fused-ring (bicyclic) bond motifs is 1. The van der Waals surface area contributed by atoms with Gasteiger partial charge in [-0.05, 0) is 36.1 Å². The Morgan fingerprint density at radius 1 is 1.19 bits per heavy atom. The Bertz CT molecular complexity index is 757. The first-order valence-electron chi connectivity index (χ1n) is 7.24. The standard InChI is InChI=1S/C17H18N2OS/c1-2-3-11-18-17(20)15-8-9-16(21-15)19-12-10-13-6-4-5-7-14(13)19/h4-10,12H,2-3,11H2,1H3,(H,18,20). The Labute approximate surface area is 128 Å². The van der Waals surface area contributed by atoms with Crippen molar-refractivity contribution in [2.45, 2.75) is 19.8 Å². The normalized spacial score (nSPS) is 10.9. The van der Waals surface area contributed by atoms with Crippen LogP contribution in [0.1, 0.15) is 29.4 Å². The van der Waals surface area contributed by atoms with Crippen molar-refractivity contribution < 1.29 is 4.79 Å². The number of aromatic nitrogens is 1. The fourth-order valence-electron chi connectivity index (χ4n) is 2.32. The summed E-state index contributed by atoms with van der Waals surface area (Å²) >= 11 is 1.52. The predicted molar refractivity (Wildman–Crippen MR) is 88.4 cm³/mol. The molecule has 0 radical (unpaired) electrons. The van der Waals surface area contributed by atoms with Crippen molar-refractivity contribution >= 4 is 28.1 Å². The minimum atomic E-state index is 0.0242. The van der Waals surface area contributed by atoms with E-state index in [1.807, 2.05) is 24.3 Å². The number of hydrogen-bond donors (Lipinski definition) is 1. The monoisotopic (exact) mass is 298 g/mol. The second-order valence-corrected chi connectivity index (χ2v) is 6.05. The van der Waals surface area contributed by atoms with Gasteiger partial charge in [0.05, 0.1) is 10.4 Å². The van der Waals surface area contributed by atoms with Crippen LogP contribution in [0.5, 0.6) is 0 Å². The van der Waals surface area contributed by atoms with Crippen molar-refractivity contribution in [3.8, 4) is 5.00 Å². The quantitative estimate of drug-likeness (QED) is 0.703. The molecule has 0 spiro atoms. The number of benzene rings is 1. The van der Waals surface area contributed by atoms with Gasteiger partial charge in [-0.3, -0.25) is 4.79 Å². The smallest absolute Gasteiger partial charge is 0.261 e. The molecule has 1 amide bonds. The number of hydrogen-bond acceptors (Lipinski definition) is 2. The zero-order valence-corrected chi connectivity index (χ0v) is 12.8. The van der Waals surface area contributed by atoms with E-state index in [9.17, 15) is 4.79 Å². The minimum absolute atomic E-state index is 0.0242. The molecule has 2 aromatic heterocycles. The van der Waals surface area contributed by atoms with Crippen LogP contribution in [0.2, 0.25) is 0 Å². The van der Waals surface area contributed by atoms with Crippen LogP contribution in [-0.4, -0.2) is 17.0 Å². The van der Waals surface area contributed by atoms with Crippen LogP contribution in [0.3, 0.4) is 0 Å². The van der Waals surface area contributed by atoms with Gasteiger partial charge in [-0.25, -0.2) is 0 Å². The molecular formula is C17H18N2OS. The van der Waals surface area contributed by atoms with Crippen molar-refractivity contribution in [2.24, 2.45) is 0 Å². The molecule has 2 heterocycles. The molecule has 1 N–H and O–H groups in total. The molecule has 4 heteroatoms. The molecule has 0 fully saturated rings. The van der Waals surface area contributed by atoms with Gasteiger partial charge in [0, 0.05) is 12.7 Å². The number of unbranched alkanes of at least 4 members (excludes halogenated alkanes) is 1. The van der Waals surface area contributed by atoms with Crippen LogP contribution in [0.4, 0.5) is 0 Å². The maximum atomic E-state index is 12.1. The van der Waals surface area contributed by atoms with E-state index in [1.165, 1.54) is 16.7 Å². The Kier molecular flexibility index (Phi) is 4.06. The second kappa shape index (κ2) is 6.14. The zero-order chi connectivity index (χ0) is 14.7. The fourth-order valence-corrected chi connectivity index (χ4v) is 3.24. The van der Waals surface area contributed by atoms with Crippen molar-refractivity contribution in [1.29, 1.82) is 0 Å². The highest BCUT2D eigenvalue weighted by atomic mass is 32.1. The molecule has 1 aromatic carbocycles. The third-order valence-corrected chi connectivity index (χ3v) is 4.55. The Morgan fingerprint density at radius 2 is 2.05 bits per heavy atom. The van der Waals surface area contributed by atoms with Crippen LogP contribution in [0.25, 0.3) is 15.9 Å². The number of nitrogens with zero attached hydrogens (tertiary/aromatic N) is 1. The first-order valence-corrected chi connectivity index (χ1v) is 8.05. The van der Waals surface area contributed by atoms with Crippen LogP contribution >= 0.6 is 11.3 Å². The number of rotatable bonds is 5. The molecule has 0 aliphatic carbocycles. The average molecular weight is 298 g/mol. The Morgan fingerprint density at radius 3 is 2.90 bits per heavy atom. The Balaban J connectivity index is 1.83. The molecule has 0 unspecified atom stereocenters.